The molecule has 0 radical (unpaired) electrons. The third kappa shape index (κ3) is 2.53. The second-order valence-electron chi connectivity index (χ2n) is 6.87. The number of aliphatic carboxylic acids is 1. The summed E-state index contributed by atoms with van der Waals surface area (Å²) < 4.78 is 5.99. The summed E-state index contributed by atoms with van der Waals surface area (Å²) in [6.07, 6.45) is 4.89. The first-order valence-corrected chi connectivity index (χ1v) is 7.73. The van der Waals surface area contributed by atoms with E-state index in [1.165, 1.54) is 12.8 Å². The van der Waals surface area contributed by atoms with Crippen molar-refractivity contribution >= 4 is 5.97 Å². The van der Waals surface area contributed by atoms with Crippen molar-refractivity contribution in [3.05, 3.63) is 29.8 Å². The van der Waals surface area contributed by atoms with E-state index < -0.39 is 17.1 Å². The molecule has 1 heterocycles. The summed E-state index contributed by atoms with van der Waals surface area (Å²) >= 11 is 0. The van der Waals surface area contributed by atoms with Crippen LogP contribution in [-0.4, -0.2) is 22.7 Å². The van der Waals surface area contributed by atoms with Gasteiger partial charge in [-0.1, -0.05) is 31.0 Å². The second kappa shape index (κ2) is 5.02. The van der Waals surface area contributed by atoms with Crippen LogP contribution < -0.4 is 10.1 Å². The molecule has 2 N–H and O–H groups in total. The van der Waals surface area contributed by atoms with Gasteiger partial charge in [0.05, 0.1) is 0 Å². The van der Waals surface area contributed by atoms with E-state index in [0.717, 1.165) is 18.4 Å². The fourth-order valence-electron chi connectivity index (χ4n) is 3.78. The number of nitrogens with one attached hydrogen (secondary N) is 1. The van der Waals surface area contributed by atoms with Crippen LogP contribution in [0.15, 0.2) is 24.3 Å². The minimum Gasteiger partial charge on any atom is -0.487 e. The van der Waals surface area contributed by atoms with E-state index in [1.807, 2.05) is 38.1 Å². The summed E-state index contributed by atoms with van der Waals surface area (Å²) in [5.41, 5.74) is -0.796. The Morgan fingerprint density at radius 3 is 2.62 bits per heavy atom. The fraction of sp³-hybridized carbons (Fsp3) is 0.588. The predicted octanol–water partition coefficient (Wildman–Crippen LogP) is 3.06. The first-order valence-electron chi connectivity index (χ1n) is 7.73. The molecule has 1 aliphatic carbocycles. The van der Waals surface area contributed by atoms with Gasteiger partial charge in [-0.25, -0.2) is 4.79 Å². The zero-order valence-electron chi connectivity index (χ0n) is 12.7. The molecule has 0 saturated heterocycles. The Morgan fingerprint density at radius 2 is 1.95 bits per heavy atom. The molecular formula is C17H23NO3. The van der Waals surface area contributed by atoms with Gasteiger partial charge in [-0.2, -0.15) is 0 Å². The van der Waals surface area contributed by atoms with Gasteiger partial charge in [-0.05, 0) is 32.8 Å². The number of carboxylic acid groups (broad SMARTS) is 1. The molecule has 1 aromatic rings. The second-order valence-corrected chi connectivity index (χ2v) is 6.87. The van der Waals surface area contributed by atoms with E-state index >= 15 is 0 Å². The smallest absolute Gasteiger partial charge is 0.328 e. The fourth-order valence-corrected chi connectivity index (χ4v) is 3.78. The Labute approximate surface area is 125 Å². The lowest BCUT2D eigenvalue weighted by molar-refractivity contribution is -0.150. The normalized spacial score (nSPS) is 27.9. The molecule has 1 unspecified atom stereocenters. The Balaban J connectivity index is 2.06. The molecule has 114 valence electrons. The van der Waals surface area contributed by atoms with Gasteiger partial charge in [0.25, 0.3) is 0 Å². The van der Waals surface area contributed by atoms with Crippen molar-refractivity contribution in [2.75, 3.05) is 0 Å². The molecule has 1 saturated carbocycles. The van der Waals surface area contributed by atoms with E-state index in [4.69, 9.17) is 4.74 Å². The van der Waals surface area contributed by atoms with Gasteiger partial charge < -0.3 is 9.84 Å². The Bertz CT molecular complexity index is 549. The van der Waals surface area contributed by atoms with Crippen LogP contribution in [0.25, 0.3) is 0 Å². The number of ether oxygens (including phenoxy) is 1. The number of hydrogen-bond acceptors (Lipinski definition) is 3. The van der Waals surface area contributed by atoms with Crippen LogP contribution in [0.2, 0.25) is 0 Å². The minimum absolute atomic E-state index is 0.281. The maximum atomic E-state index is 12.2. The maximum absolute atomic E-state index is 12.2. The average molecular weight is 289 g/mol. The monoisotopic (exact) mass is 289 g/mol. The van der Waals surface area contributed by atoms with E-state index in [2.05, 4.69) is 5.32 Å². The molecule has 1 aliphatic heterocycles. The van der Waals surface area contributed by atoms with Crippen LogP contribution in [-0.2, 0) is 10.3 Å². The molecule has 4 nitrogen and oxygen atoms in total. The van der Waals surface area contributed by atoms with E-state index in [0.29, 0.717) is 12.2 Å². The molecule has 1 fully saturated rings. The molecule has 4 heteroatoms. The summed E-state index contributed by atoms with van der Waals surface area (Å²) in [4.78, 5) is 12.2. The summed E-state index contributed by atoms with van der Waals surface area (Å²) in [5.74, 6) is -0.125. The van der Waals surface area contributed by atoms with Gasteiger partial charge in [0.15, 0.2) is 0 Å². The summed E-state index contributed by atoms with van der Waals surface area (Å²) in [6, 6.07) is 7.80. The summed E-state index contributed by atoms with van der Waals surface area (Å²) in [5, 5.41) is 13.5. The third-order valence-corrected chi connectivity index (χ3v) is 4.59. The third-order valence-electron chi connectivity index (χ3n) is 4.59. The molecule has 3 rings (SSSR count). The van der Waals surface area contributed by atoms with Crippen LogP contribution in [0.3, 0.4) is 0 Å². The highest BCUT2D eigenvalue weighted by Crippen LogP contribution is 2.44. The van der Waals surface area contributed by atoms with Crippen molar-refractivity contribution in [1.29, 1.82) is 0 Å². The van der Waals surface area contributed by atoms with Crippen molar-refractivity contribution in [3.63, 3.8) is 0 Å². The van der Waals surface area contributed by atoms with Crippen LogP contribution in [0.5, 0.6) is 5.75 Å². The quantitative estimate of drug-likeness (QED) is 0.898. The Hall–Kier alpha value is -1.55. The highest BCUT2D eigenvalue weighted by molar-refractivity contribution is 5.82. The number of rotatable bonds is 3. The topological polar surface area (TPSA) is 58.6 Å². The van der Waals surface area contributed by atoms with Crippen molar-refractivity contribution in [2.24, 2.45) is 0 Å². The molecule has 1 atom stereocenters. The molecular weight excluding hydrogens is 266 g/mol. The number of hydrogen-bond donors (Lipinski definition) is 2. The van der Waals surface area contributed by atoms with E-state index in [-0.39, 0.29) is 6.04 Å². The molecule has 0 spiro atoms. The van der Waals surface area contributed by atoms with Gasteiger partial charge in [-0.15, -0.1) is 0 Å². The standard InChI is InChI=1S/C17H23NO3/c1-16(2)11-17(15(19)20,18-12-7-3-4-8-12)13-9-5-6-10-14(13)21-16/h5-6,9-10,12,18H,3-4,7-8,11H2,1-2H3,(H,19,20). The van der Waals surface area contributed by atoms with Gasteiger partial charge >= 0.3 is 5.97 Å². The zero-order valence-corrected chi connectivity index (χ0v) is 12.7. The van der Waals surface area contributed by atoms with Crippen LogP contribution in [0, 0.1) is 0 Å². The van der Waals surface area contributed by atoms with E-state index in [9.17, 15) is 9.90 Å². The Kier molecular flexibility index (Phi) is 3.44. The van der Waals surface area contributed by atoms with Crippen LogP contribution >= 0.6 is 0 Å². The van der Waals surface area contributed by atoms with E-state index in [1.54, 1.807) is 0 Å². The molecule has 21 heavy (non-hydrogen) atoms. The number of carbonyl (C=O) groups is 1. The highest BCUT2D eigenvalue weighted by atomic mass is 16.5. The SMILES string of the molecule is CC1(C)CC(NC2CCCC2)(C(=O)O)c2ccccc2O1. The van der Waals surface area contributed by atoms with Gasteiger partial charge in [0.1, 0.15) is 16.9 Å². The molecule has 0 bridgehead atoms. The summed E-state index contributed by atoms with van der Waals surface area (Å²) in [7, 11) is 0. The molecule has 2 aliphatic rings. The molecule has 0 aromatic heterocycles. The first-order chi connectivity index (χ1) is 9.93. The largest absolute Gasteiger partial charge is 0.487 e. The highest BCUT2D eigenvalue weighted by Gasteiger charge is 2.51. The van der Waals surface area contributed by atoms with Crippen molar-refractivity contribution < 1.29 is 14.6 Å². The number of benzene rings is 1. The van der Waals surface area contributed by atoms with Crippen molar-refractivity contribution in [2.45, 2.75) is 63.1 Å². The lowest BCUT2D eigenvalue weighted by Crippen LogP contribution is -2.59. The van der Waals surface area contributed by atoms with Gasteiger partial charge in [-0.3, -0.25) is 5.32 Å². The predicted molar refractivity (Wildman–Crippen MR) is 80.5 cm³/mol. The summed E-state index contributed by atoms with van der Waals surface area (Å²) in [6.45, 7) is 3.91. The van der Waals surface area contributed by atoms with Crippen LogP contribution in [0.4, 0.5) is 0 Å². The number of para-hydroxylation sites is 1. The lowest BCUT2D eigenvalue weighted by Gasteiger charge is -2.45. The molecule has 1 aromatic carbocycles. The molecule has 0 amide bonds. The number of carboxylic acids is 1. The maximum Gasteiger partial charge on any atom is 0.328 e. The van der Waals surface area contributed by atoms with Crippen molar-refractivity contribution in [1.82, 2.24) is 5.32 Å². The zero-order chi connectivity index (χ0) is 15.1. The Morgan fingerprint density at radius 1 is 1.29 bits per heavy atom. The van der Waals surface area contributed by atoms with Crippen molar-refractivity contribution in [3.8, 4) is 5.75 Å². The average Bonchev–Trinajstić information content (AvgIpc) is 2.89. The van der Waals surface area contributed by atoms with Gasteiger partial charge in [0.2, 0.25) is 0 Å². The first kappa shape index (κ1) is 14.4. The van der Waals surface area contributed by atoms with Gasteiger partial charge in [0, 0.05) is 18.0 Å². The van der Waals surface area contributed by atoms with Crippen LogP contribution in [0.1, 0.15) is 51.5 Å². The number of fused-ring (bicyclic) bond motifs is 1. The lowest BCUT2D eigenvalue weighted by atomic mass is 9.77. The minimum atomic E-state index is -1.05.